The van der Waals surface area contributed by atoms with Crippen LogP contribution in [-0.4, -0.2) is 9.97 Å². The van der Waals surface area contributed by atoms with E-state index in [0.29, 0.717) is 17.3 Å². The summed E-state index contributed by atoms with van der Waals surface area (Å²) in [6.45, 7) is 1.84. The first-order valence-corrected chi connectivity index (χ1v) is 4.57. The van der Waals surface area contributed by atoms with Crippen molar-refractivity contribution in [1.82, 2.24) is 9.97 Å². The molecule has 0 aliphatic heterocycles. The standard InChI is InChI=1S/C11H11N3O/c1-8-10(12)4-5-11(14-8)15-9-3-2-6-13-7-9/h2-7H,12H2,1H3. The third-order valence-electron chi connectivity index (χ3n) is 1.96. The number of hydrogen-bond acceptors (Lipinski definition) is 4. The van der Waals surface area contributed by atoms with Gasteiger partial charge in [-0.15, -0.1) is 0 Å². The summed E-state index contributed by atoms with van der Waals surface area (Å²) in [4.78, 5) is 8.14. The van der Waals surface area contributed by atoms with Gasteiger partial charge in [0.1, 0.15) is 5.75 Å². The number of aryl methyl sites for hydroxylation is 1. The Balaban J connectivity index is 2.22. The highest BCUT2D eigenvalue weighted by Gasteiger charge is 2.00. The summed E-state index contributed by atoms with van der Waals surface area (Å²) in [7, 11) is 0. The maximum atomic E-state index is 5.65. The molecule has 0 aromatic carbocycles. The van der Waals surface area contributed by atoms with Crippen LogP contribution in [0.25, 0.3) is 0 Å². The second-order valence-electron chi connectivity index (χ2n) is 3.11. The molecule has 0 spiro atoms. The minimum atomic E-state index is 0.523. The van der Waals surface area contributed by atoms with E-state index in [9.17, 15) is 0 Å². The van der Waals surface area contributed by atoms with E-state index in [0.717, 1.165) is 5.69 Å². The van der Waals surface area contributed by atoms with E-state index in [1.807, 2.05) is 13.0 Å². The molecule has 0 bridgehead atoms. The Morgan fingerprint density at radius 2 is 2.13 bits per heavy atom. The lowest BCUT2D eigenvalue weighted by atomic mass is 10.3. The number of anilines is 1. The number of nitrogen functional groups attached to an aromatic ring is 1. The molecule has 15 heavy (non-hydrogen) atoms. The average Bonchev–Trinajstić information content (AvgIpc) is 2.25. The Bertz CT molecular complexity index is 457. The van der Waals surface area contributed by atoms with Crippen LogP contribution in [0, 0.1) is 6.92 Å². The zero-order valence-corrected chi connectivity index (χ0v) is 8.34. The van der Waals surface area contributed by atoms with Gasteiger partial charge in [0.2, 0.25) is 5.88 Å². The lowest BCUT2D eigenvalue weighted by Gasteiger charge is -2.05. The molecule has 0 saturated heterocycles. The van der Waals surface area contributed by atoms with Crippen molar-refractivity contribution in [3.05, 3.63) is 42.4 Å². The highest BCUT2D eigenvalue weighted by Crippen LogP contribution is 2.20. The van der Waals surface area contributed by atoms with Crippen molar-refractivity contribution in [2.24, 2.45) is 0 Å². The number of aromatic nitrogens is 2. The Morgan fingerprint density at radius 3 is 2.80 bits per heavy atom. The topological polar surface area (TPSA) is 61.0 Å². The molecule has 0 radical (unpaired) electrons. The molecule has 2 N–H and O–H groups in total. The molecule has 2 rings (SSSR count). The molecule has 4 heteroatoms. The van der Waals surface area contributed by atoms with Crippen LogP contribution in [0.4, 0.5) is 5.69 Å². The van der Waals surface area contributed by atoms with Crippen molar-refractivity contribution in [2.45, 2.75) is 6.92 Å². The van der Waals surface area contributed by atoms with Crippen LogP contribution >= 0.6 is 0 Å². The second-order valence-corrected chi connectivity index (χ2v) is 3.11. The number of pyridine rings is 2. The van der Waals surface area contributed by atoms with Crippen molar-refractivity contribution in [2.75, 3.05) is 5.73 Å². The van der Waals surface area contributed by atoms with Crippen molar-refractivity contribution in [3.63, 3.8) is 0 Å². The molecule has 0 amide bonds. The predicted octanol–water partition coefficient (Wildman–Crippen LogP) is 2.16. The molecule has 4 nitrogen and oxygen atoms in total. The number of rotatable bonds is 2. The van der Waals surface area contributed by atoms with Gasteiger partial charge < -0.3 is 10.5 Å². The predicted molar refractivity (Wildman–Crippen MR) is 57.7 cm³/mol. The first kappa shape index (κ1) is 9.45. The third-order valence-corrected chi connectivity index (χ3v) is 1.96. The highest BCUT2D eigenvalue weighted by atomic mass is 16.5. The monoisotopic (exact) mass is 201 g/mol. The summed E-state index contributed by atoms with van der Waals surface area (Å²) < 4.78 is 5.48. The average molecular weight is 201 g/mol. The molecule has 0 saturated carbocycles. The smallest absolute Gasteiger partial charge is 0.219 e. The molecule has 0 fully saturated rings. The SMILES string of the molecule is Cc1nc(Oc2cccnc2)ccc1N. The van der Waals surface area contributed by atoms with Crippen molar-refractivity contribution in [1.29, 1.82) is 0 Å². The maximum absolute atomic E-state index is 5.65. The molecule has 2 aromatic heterocycles. The molecule has 2 aromatic rings. The number of ether oxygens (including phenoxy) is 1. The Hall–Kier alpha value is -2.10. The van der Waals surface area contributed by atoms with Gasteiger partial charge >= 0.3 is 0 Å². The summed E-state index contributed by atoms with van der Waals surface area (Å²) in [6, 6.07) is 7.13. The molecular formula is C11H11N3O. The Kier molecular flexibility index (Phi) is 2.49. The maximum Gasteiger partial charge on any atom is 0.219 e. The van der Waals surface area contributed by atoms with Gasteiger partial charge in [0, 0.05) is 12.3 Å². The minimum absolute atomic E-state index is 0.523. The van der Waals surface area contributed by atoms with E-state index in [-0.39, 0.29) is 0 Å². The number of nitrogens with two attached hydrogens (primary N) is 1. The third kappa shape index (κ3) is 2.22. The fraction of sp³-hybridized carbons (Fsp3) is 0.0909. The van der Waals surface area contributed by atoms with Crippen molar-refractivity contribution in [3.8, 4) is 11.6 Å². The van der Waals surface area contributed by atoms with Crippen LogP contribution in [0.2, 0.25) is 0 Å². The van der Waals surface area contributed by atoms with Gasteiger partial charge in [-0.25, -0.2) is 4.98 Å². The van der Waals surface area contributed by atoms with Gasteiger partial charge in [0.15, 0.2) is 0 Å². The zero-order valence-electron chi connectivity index (χ0n) is 8.34. The van der Waals surface area contributed by atoms with Crippen molar-refractivity contribution >= 4 is 5.69 Å². The van der Waals surface area contributed by atoms with Gasteiger partial charge in [-0.05, 0) is 25.1 Å². The van der Waals surface area contributed by atoms with E-state index < -0.39 is 0 Å². The van der Waals surface area contributed by atoms with Crippen LogP contribution in [-0.2, 0) is 0 Å². The van der Waals surface area contributed by atoms with Gasteiger partial charge in [-0.1, -0.05) is 0 Å². The lowest BCUT2D eigenvalue weighted by molar-refractivity contribution is 0.460. The molecule has 2 heterocycles. The molecule has 0 aliphatic carbocycles. The lowest BCUT2D eigenvalue weighted by Crippen LogP contribution is -1.95. The normalized spacial score (nSPS) is 9.93. The van der Waals surface area contributed by atoms with E-state index in [2.05, 4.69) is 9.97 Å². The van der Waals surface area contributed by atoms with E-state index in [1.54, 1.807) is 30.6 Å². The van der Waals surface area contributed by atoms with Crippen LogP contribution in [0.1, 0.15) is 5.69 Å². The van der Waals surface area contributed by atoms with Crippen LogP contribution < -0.4 is 10.5 Å². The molecular weight excluding hydrogens is 190 g/mol. The number of nitrogens with zero attached hydrogens (tertiary/aromatic N) is 2. The fourth-order valence-corrected chi connectivity index (χ4v) is 1.13. The minimum Gasteiger partial charge on any atom is -0.437 e. The van der Waals surface area contributed by atoms with Gasteiger partial charge in [0.05, 0.1) is 17.6 Å². The van der Waals surface area contributed by atoms with Crippen LogP contribution in [0.3, 0.4) is 0 Å². The Labute approximate surface area is 87.7 Å². The molecule has 0 atom stereocenters. The quantitative estimate of drug-likeness (QED) is 0.808. The highest BCUT2D eigenvalue weighted by molar-refractivity contribution is 5.44. The summed E-state index contributed by atoms with van der Waals surface area (Å²) in [5.41, 5.74) is 7.07. The first-order chi connectivity index (χ1) is 7.25. The second kappa shape index (κ2) is 3.96. The number of hydrogen-bond donors (Lipinski definition) is 1. The molecule has 0 unspecified atom stereocenters. The van der Waals surface area contributed by atoms with E-state index in [4.69, 9.17) is 10.5 Å². The Morgan fingerprint density at radius 1 is 1.27 bits per heavy atom. The van der Waals surface area contributed by atoms with Gasteiger partial charge in [0.25, 0.3) is 0 Å². The molecule has 76 valence electrons. The zero-order chi connectivity index (χ0) is 10.7. The van der Waals surface area contributed by atoms with E-state index >= 15 is 0 Å². The van der Waals surface area contributed by atoms with Crippen LogP contribution in [0.5, 0.6) is 11.6 Å². The van der Waals surface area contributed by atoms with Crippen molar-refractivity contribution < 1.29 is 4.74 Å². The van der Waals surface area contributed by atoms with Gasteiger partial charge in [-0.3, -0.25) is 4.98 Å². The summed E-state index contributed by atoms with van der Waals surface area (Å²) in [5, 5.41) is 0. The fourth-order valence-electron chi connectivity index (χ4n) is 1.13. The summed E-state index contributed by atoms with van der Waals surface area (Å²) in [6.07, 6.45) is 3.32. The van der Waals surface area contributed by atoms with E-state index in [1.165, 1.54) is 0 Å². The first-order valence-electron chi connectivity index (χ1n) is 4.57. The summed E-state index contributed by atoms with van der Waals surface area (Å²) >= 11 is 0. The van der Waals surface area contributed by atoms with Gasteiger partial charge in [-0.2, -0.15) is 0 Å². The largest absolute Gasteiger partial charge is 0.437 e. The molecule has 0 aliphatic rings. The summed E-state index contributed by atoms with van der Waals surface area (Å²) in [5.74, 6) is 1.18. The van der Waals surface area contributed by atoms with Crippen LogP contribution in [0.15, 0.2) is 36.7 Å².